The van der Waals surface area contributed by atoms with Crippen LogP contribution in [0, 0.1) is 0 Å². The molecule has 3 aromatic rings. The monoisotopic (exact) mass is 291 g/mol. The Hall–Kier alpha value is -2.38. The average molecular weight is 292 g/mol. The first-order valence-electron chi connectivity index (χ1n) is 5.79. The van der Waals surface area contributed by atoms with Gasteiger partial charge in [-0.2, -0.15) is 9.61 Å². The minimum absolute atomic E-state index is 0.239. The number of benzene rings is 1. The summed E-state index contributed by atoms with van der Waals surface area (Å²) in [6.07, 6.45) is 0. The van der Waals surface area contributed by atoms with Gasteiger partial charge in [0.2, 0.25) is 5.88 Å². The molecule has 0 aliphatic rings. The summed E-state index contributed by atoms with van der Waals surface area (Å²) in [6, 6.07) is 8.44. The van der Waals surface area contributed by atoms with E-state index in [1.54, 1.807) is 30.3 Å². The Morgan fingerprint density at radius 3 is 3.00 bits per heavy atom. The number of hydrogen-bond acceptors (Lipinski definition) is 5. The second-order valence-electron chi connectivity index (χ2n) is 3.99. The average Bonchev–Trinajstić information content (AvgIpc) is 2.81. The van der Waals surface area contributed by atoms with Gasteiger partial charge in [0.05, 0.1) is 0 Å². The Morgan fingerprint density at radius 2 is 2.20 bits per heavy atom. The summed E-state index contributed by atoms with van der Waals surface area (Å²) in [4.78, 5) is 11.4. The van der Waals surface area contributed by atoms with Gasteiger partial charge in [0.1, 0.15) is 5.75 Å². The minimum atomic E-state index is -0.435. The largest absolute Gasteiger partial charge is 0.437 e. The molecule has 0 spiro atoms. The number of H-pyrrole nitrogens is 1. The summed E-state index contributed by atoms with van der Waals surface area (Å²) >= 11 is 6.05. The van der Waals surface area contributed by atoms with Crippen molar-refractivity contribution in [2.45, 2.75) is 6.54 Å². The van der Waals surface area contributed by atoms with Crippen LogP contribution in [0.2, 0.25) is 5.02 Å². The van der Waals surface area contributed by atoms with Crippen LogP contribution >= 0.6 is 11.6 Å². The van der Waals surface area contributed by atoms with Crippen LogP contribution < -0.4 is 16.2 Å². The number of nitrogens with two attached hydrogens (primary N) is 1. The van der Waals surface area contributed by atoms with Crippen LogP contribution in [0.4, 0.5) is 0 Å². The van der Waals surface area contributed by atoms with Crippen molar-refractivity contribution in [3.8, 4) is 11.6 Å². The van der Waals surface area contributed by atoms with E-state index in [0.717, 1.165) is 4.52 Å². The van der Waals surface area contributed by atoms with Crippen molar-refractivity contribution in [2.24, 2.45) is 5.73 Å². The normalized spacial score (nSPS) is 10.9. The van der Waals surface area contributed by atoms with Gasteiger partial charge in [0.15, 0.2) is 5.65 Å². The molecular weight excluding hydrogens is 282 g/mol. The summed E-state index contributed by atoms with van der Waals surface area (Å²) in [5, 5.41) is 10.6. The highest BCUT2D eigenvalue weighted by atomic mass is 35.5. The Morgan fingerprint density at radius 1 is 1.35 bits per heavy atom. The van der Waals surface area contributed by atoms with Gasteiger partial charge in [0.25, 0.3) is 0 Å². The molecule has 2 heterocycles. The molecule has 0 aliphatic heterocycles. The molecule has 1 aromatic carbocycles. The van der Waals surface area contributed by atoms with E-state index < -0.39 is 5.69 Å². The van der Waals surface area contributed by atoms with Gasteiger partial charge in [-0.1, -0.05) is 17.7 Å². The molecule has 0 radical (unpaired) electrons. The van der Waals surface area contributed by atoms with Crippen LogP contribution in [0.5, 0.6) is 11.6 Å². The lowest BCUT2D eigenvalue weighted by atomic mass is 10.2. The molecule has 0 bridgehead atoms. The van der Waals surface area contributed by atoms with E-state index in [1.807, 2.05) is 0 Å². The second-order valence-corrected chi connectivity index (χ2v) is 4.40. The van der Waals surface area contributed by atoms with Crippen molar-refractivity contribution < 1.29 is 4.74 Å². The lowest BCUT2D eigenvalue weighted by Crippen LogP contribution is -2.12. The van der Waals surface area contributed by atoms with Gasteiger partial charge in [-0.25, -0.2) is 9.89 Å². The smallest absolute Gasteiger partial charge is 0.364 e. The molecule has 0 saturated heterocycles. The maximum atomic E-state index is 11.4. The second kappa shape index (κ2) is 4.95. The molecule has 3 N–H and O–H groups in total. The van der Waals surface area contributed by atoms with Gasteiger partial charge in [-0.15, -0.1) is 5.10 Å². The first kappa shape index (κ1) is 12.6. The van der Waals surface area contributed by atoms with Gasteiger partial charge >= 0.3 is 5.69 Å². The predicted octanol–water partition coefficient (Wildman–Crippen LogP) is 1.32. The van der Waals surface area contributed by atoms with Crippen molar-refractivity contribution in [1.82, 2.24) is 19.8 Å². The molecule has 0 fully saturated rings. The fraction of sp³-hybridized carbons (Fsp3) is 0.0833. The van der Waals surface area contributed by atoms with E-state index in [9.17, 15) is 4.79 Å². The number of ether oxygens (including phenoxy) is 1. The first-order chi connectivity index (χ1) is 9.69. The van der Waals surface area contributed by atoms with Crippen LogP contribution in [0.15, 0.2) is 35.1 Å². The van der Waals surface area contributed by atoms with Gasteiger partial charge in [0, 0.05) is 23.2 Å². The molecule has 3 rings (SSSR count). The summed E-state index contributed by atoms with van der Waals surface area (Å²) in [5.41, 5.74) is 6.30. The zero-order chi connectivity index (χ0) is 14.1. The summed E-state index contributed by atoms with van der Waals surface area (Å²) in [7, 11) is 0. The topological polar surface area (TPSA) is 98.3 Å². The van der Waals surface area contributed by atoms with Crippen molar-refractivity contribution in [3.05, 3.63) is 51.4 Å². The van der Waals surface area contributed by atoms with Crippen molar-refractivity contribution >= 4 is 17.2 Å². The molecule has 0 amide bonds. The third-order valence-corrected chi connectivity index (χ3v) is 3.10. The Bertz CT molecular complexity index is 826. The fourth-order valence-electron chi connectivity index (χ4n) is 1.79. The Labute approximate surface area is 117 Å². The van der Waals surface area contributed by atoms with Crippen molar-refractivity contribution in [1.29, 1.82) is 0 Å². The highest BCUT2D eigenvalue weighted by Gasteiger charge is 2.09. The molecule has 0 atom stereocenters. The van der Waals surface area contributed by atoms with E-state index >= 15 is 0 Å². The van der Waals surface area contributed by atoms with Crippen molar-refractivity contribution in [2.75, 3.05) is 0 Å². The quantitative estimate of drug-likeness (QED) is 0.758. The number of hydrogen-bond donors (Lipinski definition) is 2. The standard InChI is InChI=1S/C12H10ClN5O2/c13-8-2-1-3-9(7(8)6-14)20-11-5-4-10-15-16-12(19)18(10)17-11/h1-5H,6,14H2,(H,16,19). The summed E-state index contributed by atoms with van der Waals surface area (Å²) in [6.45, 7) is 0.239. The van der Waals surface area contributed by atoms with Gasteiger partial charge < -0.3 is 10.5 Å². The molecule has 2 aromatic heterocycles. The zero-order valence-electron chi connectivity index (χ0n) is 10.2. The predicted molar refractivity (Wildman–Crippen MR) is 73.0 cm³/mol. The van der Waals surface area contributed by atoms with E-state index in [2.05, 4.69) is 15.3 Å². The fourth-order valence-corrected chi connectivity index (χ4v) is 2.03. The van der Waals surface area contributed by atoms with Crippen LogP contribution in [0.3, 0.4) is 0 Å². The molecule has 8 heteroatoms. The Kier molecular flexibility index (Phi) is 3.13. The van der Waals surface area contributed by atoms with Crippen LogP contribution in [0.25, 0.3) is 5.65 Å². The summed E-state index contributed by atoms with van der Waals surface area (Å²) in [5.74, 6) is 0.751. The molecule has 7 nitrogen and oxygen atoms in total. The minimum Gasteiger partial charge on any atom is -0.437 e. The third-order valence-electron chi connectivity index (χ3n) is 2.74. The molecule has 0 unspecified atom stereocenters. The van der Waals surface area contributed by atoms with Crippen LogP contribution in [0.1, 0.15) is 5.56 Å². The van der Waals surface area contributed by atoms with Gasteiger partial charge in [-0.05, 0) is 18.2 Å². The van der Waals surface area contributed by atoms with E-state index in [-0.39, 0.29) is 12.4 Å². The Balaban J connectivity index is 2.03. The first-order valence-corrected chi connectivity index (χ1v) is 6.16. The van der Waals surface area contributed by atoms with E-state index in [4.69, 9.17) is 22.1 Å². The molecule has 0 aliphatic carbocycles. The molecule has 20 heavy (non-hydrogen) atoms. The van der Waals surface area contributed by atoms with Crippen LogP contribution in [-0.2, 0) is 6.54 Å². The van der Waals surface area contributed by atoms with Crippen LogP contribution in [-0.4, -0.2) is 19.8 Å². The number of rotatable bonds is 3. The van der Waals surface area contributed by atoms with E-state index in [0.29, 0.717) is 22.0 Å². The number of nitrogens with zero attached hydrogens (tertiary/aromatic N) is 3. The maximum absolute atomic E-state index is 11.4. The molecular formula is C12H10ClN5O2. The highest BCUT2D eigenvalue weighted by molar-refractivity contribution is 6.31. The zero-order valence-corrected chi connectivity index (χ0v) is 11.0. The van der Waals surface area contributed by atoms with Crippen molar-refractivity contribution in [3.63, 3.8) is 0 Å². The SMILES string of the molecule is NCc1c(Cl)cccc1Oc1ccc2n[nH]c(=O)n2n1. The maximum Gasteiger partial charge on any atom is 0.364 e. The number of aromatic nitrogens is 4. The molecule has 102 valence electrons. The molecule has 0 saturated carbocycles. The number of nitrogens with one attached hydrogen (secondary N) is 1. The lowest BCUT2D eigenvalue weighted by molar-refractivity contribution is 0.446. The number of aromatic amines is 1. The third kappa shape index (κ3) is 2.13. The number of fused-ring (bicyclic) bond motifs is 1. The van der Waals surface area contributed by atoms with Gasteiger partial charge in [-0.3, -0.25) is 0 Å². The van der Waals surface area contributed by atoms with E-state index in [1.165, 1.54) is 0 Å². The summed E-state index contributed by atoms with van der Waals surface area (Å²) < 4.78 is 6.75. The lowest BCUT2D eigenvalue weighted by Gasteiger charge is -2.10. The highest BCUT2D eigenvalue weighted by Crippen LogP contribution is 2.29. The number of halogens is 1.